The third-order valence-corrected chi connectivity index (χ3v) is 5.08. The highest BCUT2D eigenvalue weighted by Gasteiger charge is 2.26. The first-order valence-electron chi connectivity index (χ1n) is 6.43. The van der Waals surface area contributed by atoms with E-state index in [2.05, 4.69) is 29.8 Å². The van der Waals surface area contributed by atoms with E-state index in [1.165, 1.54) is 0 Å². The molecule has 0 aliphatic heterocycles. The first kappa shape index (κ1) is 16.7. The predicted octanol–water partition coefficient (Wildman–Crippen LogP) is 4.51. The molecule has 0 heterocycles. The van der Waals surface area contributed by atoms with Gasteiger partial charge in [-0.2, -0.15) is 8.42 Å². The molecule has 0 aromatic heterocycles. The minimum absolute atomic E-state index is 0.00954. The summed E-state index contributed by atoms with van der Waals surface area (Å²) in [5.41, 5.74) is 2.43. The molecule has 0 atom stereocenters. The van der Waals surface area contributed by atoms with Crippen LogP contribution in [-0.4, -0.2) is 13.0 Å². The van der Waals surface area contributed by atoms with E-state index >= 15 is 0 Å². The van der Waals surface area contributed by atoms with E-state index < -0.39 is 10.1 Å². The van der Waals surface area contributed by atoms with Gasteiger partial charge in [0.15, 0.2) is 0 Å². The van der Waals surface area contributed by atoms with Gasteiger partial charge in [0.05, 0.1) is 0 Å². The molecule has 0 spiro atoms. The van der Waals surface area contributed by atoms with Crippen molar-refractivity contribution < 1.29 is 13.0 Å². The average molecular weight is 349 g/mol. The van der Waals surface area contributed by atoms with Crippen LogP contribution < -0.4 is 0 Å². The predicted molar refractivity (Wildman–Crippen MR) is 81.5 cm³/mol. The Morgan fingerprint density at radius 2 is 1.74 bits per heavy atom. The van der Waals surface area contributed by atoms with Crippen LogP contribution in [0.5, 0.6) is 0 Å². The van der Waals surface area contributed by atoms with Gasteiger partial charge in [-0.05, 0) is 34.9 Å². The fourth-order valence-corrected chi connectivity index (χ4v) is 4.76. The van der Waals surface area contributed by atoms with Crippen molar-refractivity contribution in [3.63, 3.8) is 0 Å². The molecule has 108 valence electrons. The number of aryl methyl sites for hydroxylation is 1. The lowest BCUT2D eigenvalue weighted by molar-refractivity contribution is 0.480. The van der Waals surface area contributed by atoms with Gasteiger partial charge < -0.3 is 0 Å². The Kier molecular flexibility index (Phi) is 5.21. The molecule has 1 aromatic rings. The summed E-state index contributed by atoms with van der Waals surface area (Å²) in [5.74, 6) is 0.294. The molecule has 1 rings (SSSR count). The van der Waals surface area contributed by atoms with E-state index in [9.17, 15) is 13.0 Å². The van der Waals surface area contributed by atoms with Crippen molar-refractivity contribution >= 4 is 26.0 Å². The zero-order valence-electron chi connectivity index (χ0n) is 12.0. The molecule has 19 heavy (non-hydrogen) atoms. The molecule has 3 nitrogen and oxygen atoms in total. The van der Waals surface area contributed by atoms with Gasteiger partial charge in [0.1, 0.15) is 4.90 Å². The van der Waals surface area contributed by atoms with E-state index in [-0.39, 0.29) is 16.7 Å². The number of hydrogen-bond donors (Lipinski definition) is 1. The maximum Gasteiger partial charge on any atom is 0.295 e. The van der Waals surface area contributed by atoms with Gasteiger partial charge in [-0.1, -0.05) is 56.6 Å². The molecule has 0 saturated heterocycles. The Balaban J connectivity index is 3.86. The minimum atomic E-state index is -4.22. The van der Waals surface area contributed by atoms with Crippen LogP contribution in [0.4, 0.5) is 0 Å². The summed E-state index contributed by atoms with van der Waals surface area (Å²) in [4.78, 5) is 0.0706. The highest BCUT2D eigenvalue weighted by Crippen LogP contribution is 2.39. The normalized spacial score (nSPS) is 12.5. The van der Waals surface area contributed by atoms with Crippen molar-refractivity contribution in [2.45, 2.75) is 57.8 Å². The smallest absolute Gasteiger partial charge is 0.282 e. The van der Waals surface area contributed by atoms with E-state index in [0.29, 0.717) is 17.5 Å². The van der Waals surface area contributed by atoms with Crippen molar-refractivity contribution in [2.75, 3.05) is 0 Å². The summed E-state index contributed by atoms with van der Waals surface area (Å²) in [6.07, 6.45) is 0.571. The van der Waals surface area contributed by atoms with E-state index in [0.717, 1.165) is 10.0 Å². The summed E-state index contributed by atoms with van der Waals surface area (Å²) in [5, 5.41) is 0. The molecule has 0 amide bonds. The van der Waals surface area contributed by atoms with Crippen molar-refractivity contribution in [3.8, 4) is 0 Å². The maximum absolute atomic E-state index is 11.7. The van der Waals surface area contributed by atoms with Crippen LogP contribution in [0, 0.1) is 0 Å². The van der Waals surface area contributed by atoms with E-state index in [1.54, 1.807) is 0 Å². The highest BCUT2D eigenvalue weighted by molar-refractivity contribution is 9.10. The quantitative estimate of drug-likeness (QED) is 0.814. The first-order valence-corrected chi connectivity index (χ1v) is 8.67. The molecular formula is C14H21BrO3S. The van der Waals surface area contributed by atoms with Crippen molar-refractivity contribution in [1.29, 1.82) is 0 Å². The average Bonchev–Trinajstić information content (AvgIpc) is 2.25. The van der Waals surface area contributed by atoms with E-state index in [4.69, 9.17) is 0 Å². The molecule has 1 aromatic carbocycles. The lowest BCUT2D eigenvalue weighted by Crippen LogP contribution is -2.11. The summed E-state index contributed by atoms with van der Waals surface area (Å²) >= 11 is 3.51. The SMILES string of the molecule is CCc1cc(C(C)C)c(Br)c(C(C)C)c1S(=O)(=O)O. The van der Waals surface area contributed by atoms with E-state index in [1.807, 2.05) is 26.8 Å². The Morgan fingerprint density at radius 3 is 2.05 bits per heavy atom. The van der Waals surface area contributed by atoms with Gasteiger partial charge in [0.2, 0.25) is 0 Å². The summed E-state index contributed by atoms with van der Waals surface area (Å²) in [6, 6.07) is 1.88. The highest BCUT2D eigenvalue weighted by atomic mass is 79.9. The first-order chi connectivity index (χ1) is 8.61. The Morgan fingerprint density at radius 1 is 1.21 bits per heavy atom. The second-order valence-corrected chi connectivity index (χ2v) is 7.47. The third-order valence-electron chi connectivity index (χ3n) is 3.19. The fraction of sp³-hybridized carbons (Fsp3) is 0.571. The van der Waals surface area contributed by atoms with Crippen LogP contribution in [0.15, 0.2) is 15.4 Å². The van der Waals surface area contributed by atoms with Crippen LogP contribution in [0.25, 0.3) is 0 Å². The van der Waals surface area contributed by atoms with Crippen LogP contribution in [0.2, 0.25) is 0 Å². The van der Waals surface area contributed by atoms with Crippen LogP contribution in [0.3, 0.4) is 0 Å². The molecule has 0 aliphatic carbocycles. The van der Waals surface area contributed by atoms with Crippen LogP contribution in [-0.2, 0) is 16.5 Å². The topological polar surface area (TPSA) is 54.4 Å². The Bertz CT molecular complexity index is 575. The van der Waals surface area contributed by atoms with Crippen LogP contribution >= 0.6 is 15.9 Å². The molecule has 0 bridgehead atoms. The molecular weight excluding hydrogens is 328 g/mol. The molecule has 0 unspecified atom stereocenters. The molecule has 0 fully saturated rings. The summed E-state index contributed by atoms with van der Waals surface area (Å²) < 4.78 is 33.7. The van der Waals surface area contributed by atoms with Gasteiger partial charge in [-0.15, -0.1) is 0 Å². The van der Waals surface area contributed by atoms with Crippen molar-refractivity contribution in [2.24, 2.45) is 0 Å². The number of halogens is 1. The largest absolute Gasteiger partial charge is 0.295 e. The fourth-order valence-electron chi connectivity index (χ4n) is 2.25. The van der Waals surface area contributed by atoms with Crippen LogP contribution in [0.1, 0.15) is 63.1 Å². The molecule has 0 saturated carbocycles. The molecule has 5 heteroatoms. The van der Waals surface area contributed by atoms with Gasteiger partial charge in [-0.3, -0.25) is 4.55 Å². The molecule has 0 radical (unpaired) electrons. The van der Waals surface area contributed by atoms with Gasteiger partial charge >= 0.3 is 0 Å². The Hall–Kier alpha value is -0.390. The second-order valence-electron chi connectivity index (χ2n) is 5.32. The van der Waals surface area contributed by atoms with Gasteiger partial charge in [-0.25, -0.2) is 0 Å². The summed E-state index contributed by atoms with van der Waals surface area (Å²) in [6.45, 7) is 9.89. The van der Waals surface area contributed by atoms with Gasteiger partial charge in [0.25, 0.3) is 10.1 Å². The Labute approximate surface area is 124 Å². The number of benzene rings is 1. The molecule has 0 aliphatic rings. The lowest BCUT2D eigenvalue weighted by Gasteiger charge is -2.21. The zero-order valence-corrected chi connectivity index (χ0v) is 14.4. The zero-order chi connectivity index (χ0) is 15.0. The third kappa shape index (κ3) is 3.38. The number of rotatable bonds is 4. The maximum atomic E-state index is 11.7. The summed E-state index contributed by atoms with van der Waals surface area (Å²) in [7, 11) is -4.22. The second kappa shape index (κ2) is 5.94. The number of hydrogen-bond acceptors (Lipinski definition) is 2. The standard InChI is InChI=1S/C14H21BrO3S/c1-6-10-7-11(8(2)3)13(15)12(9(4)5)14(10)19(16,17)18/h7-9H,6H2,1-5H3,(H,16,17,18). The monoisotopic (exact) mass is 348 g/mol. The lowest BCUT2D eigenvalue weighted by atomic mass is 9.92. The van der Waals surface area contributed by atoms with Crippen molar-refractivity contribution in [3.05, 3.63) is 27.2 Å². The van der Waals surface area contributed by atoms with Crippen molar-refractivity contribution in [1.82, 2.24) is 0 Å². The molecule has 1 N–H and O–H groups in total. The minimum Gasteiger partial charge on any atom is -0.282 e. The van der Waals surface area contributed by atoms with Gasteiger partial charge in [0, 0.05) is 4.47 Å².